The summed E-state index contributed by atoms with van der Waals surface area (Å²) < 4.78 is 0. The number of nitrogens with zero attached hydrogens (tertiary/aromatic N) is 3. The molecule has 2 aliphatic rings. The Morgan fingerprint density at radius 2 is 2.05 bits per heavy atom. The number of carbonyl (C=O) groups excluding carboxylic acids is 1. The number of hydrogen-bond donors (Lipinski definition) is 1. The molecular weight excluding hydrogens is 240 g/mol. The summed E-state index contributed by atoms with van der Waals surface area (Å²) in [5.74, 6) is 0.301. The van der Waals surface area contributed by atoms with Crippen molar-refractivity contribution in [3.63, 3.8) is 0 Å². The molecular formula is C14H28N4O. The second kappa shape index (κ2) is 6.68. The minimum absolute atomic E-state index is 0.0616. The molecule has 0 aliphatic carbocycles. The van der Waals surface area contributed by atoms with Crippen LogP contribution in [0, 0.1) is 0 Å². The highest BCUT2D eigenvalue weighted by Crippen LogP contribution is 2.15. The van der Waals surface area contributed by atoms with Crippen molar-refractivity contribution in [1.82, 2.24) is 20.0 Å². The summed E-state index contributed by atoms with van der Waals surface area (Å²) in [6, 6.07) is 0.541. The van der Waals surface area contributed by atoms with Crippen LogP contribution in [0.15, 0.2) is 0 Å². The topological polar surface area (TPSA) is 38.8 Å². The van der Waals surface area contributed by atoms with Gasteiger partial charge >= 0.3 is 0 Å². The van der Waals surface area contributed by atoms with Crippen molar-refractivity contribution in [2.24, 2.45) is 0 Å². The smallest absolute Gasteiger partial charge is 0.239 e. The largest absolute Gasteiger partial charge is 0.340 e. The number of likely N-dealkylation sites (N-methyl/N-ethyl adjacent to an activating group) is 2. The highest BCUT2D eigenvalue weighted by atomic mass is 16.2. The molecule has 0 aromatic heterocycles. The van der Waals surface area contributed by atoms with E-state index in [-0.39, 0.29) is 6.04 Å². The summed E-state index contributed by atoms with van der Waals surface area (Å²) in [6.07, 6.45) is 2.05. The lowest BCUT2D eigenvalue weighted by Gasteiger charge is -2.39. The molecule has 5 nitrogen and oxygen atoms in total. The highest BCUT2D eigenvalue weighted by molar-refractivity contribution is 5.84. The van der Waals surface area contributed by atoms with Crippen molar-refractivity contribution in [3.8, 4) is 0 Å². The first-order valence-electron chi connectivity index (χ1n) is 7.52. The Hall–Kier alpha value is -0.650. The molecule has 0 aromatic rings. The van der Waals surface area contributed by atoms with E-state index in [9.17, 15) is 4.79 Å². The standard InChI is InChI=1S/C14H28N4O/c1-4-6-15-13-5-7-18(14(13)19)11-12-10-16(2)8-9-17(12)3/h12-13,15H,4-11H2,1-3H3. The van der Waals surface area contributed by atoms with Gasteiger partial charge in [0.15, 0.2) is 0 Å². The van der Waals surface area contributed by atoms with Crippen LogP contribution in [0.25, 0.3) is 0 Å². The van der Waals surface area contributed by atoms with Crippen LogP contribution < -0.4 is 5.32 Å². The van der Waals surface area contributed by atoms with Crippen LogP contribution in [0.2, 0.25) is 0 Å². The first-order valence-corrected chi connectivity index (χ1v) is 7.52. The maximum Gasteiger partial charge on any atom is 0.239 e. The van der Waals surface area contributed by atoms with Crippen LogP contribution in [0.5, 0.6) is 0 Å². The van der Waals surface area contributed by atoms with Gasteiger partial charge in [-0.25, -0.2) is 0 Å². The Morgan fingerprint density at radius 3 is 2.79 bits per heavy atom. The molecule has 110 valence electrons. The third kappa shape index (κ3) is 3.68. The van der Waals surface area contributed by atoms with E-state index in [0.29, 0.717) is 11.9 Å². The monoisotopic (exact) mass is 268 g/mol. The lowest BCUT2D eigenvalue weighted by atomic mass is 10.1. The maximum atomic E-state index is 12.3. The SMILES string of the molecule is CCCNC1CCN(CC2CN(C)CCN2C)C1=O. The molecule has 1 amide bonds. The van der Waals surface area contributed by atoms with E-state index in [1.165, 1.54) is 0 Å². The van der Waals surface area contributed by atoms with Gasteiger partial charge in [-0.2, -0.15) is 0 Å². The van der Waals surface area contributed by atoms with E-state index in [1.54, 1.807) is 0 Å². The average Bonchev–Trinajstić information content (AvgIpc) is 2.73. The second-order valence-electron chi connectivity index (χ2n) is 5.98. The van der Waals surface area contributed by atoms with Crippen molar-refractivity contribution in [1.29, 1.82) is 0 Å². The zero-order valence-electron chi connectivity index (χ0n) is 12.6. The number of carbonyl (C=O) groups is 1. The van der Waals surface area contributed by atoms with E-state index >= 15 is 0 Å². The van der Waals surface area contributed by atoms with Crippen LogP contribution in [-0.4, -0.2) is 86.1 Å². The van der Waals surface area contributed by atoms with E-state index < -0.39 is 0 Å². The summed E-state index contributed by atoms with van der Waals surface area (Å²) >= 11 is 0. The Kier molecular flexibility index (Phi) is 5.19. The summed E-state index contributed by atoms with van der Waals surface area (Å²) in [6.45, 7) is 8.15. The first kappa shape index (κ1) is 14.8. The van der Waals surface area contributed by atoms with Gasteiger partial charge < -0.3 is 15.1 Å². The van der Waals surface area contributed by atoms with E-state index in [2.05, 4.69) is 36.1 Å². The van der Waals surface area contributed by atoms with E-state index in [1.807, 2.05) is 4.90 Å². The fourth-order valence-electron chi connectivity index (χ4n) is 2.98. The molecule has 2 aliphatic heterocycles. The van der Waals surface area contributed by atoms with Crippen LogP contribution in [0.3, 0.4) is 0 Å². The van der Waals surface area contributed by atoms with E-state index in [0.717, 1.165) is 52.1 Å². The van der Waals surface area contributed by atoms with Gasteiger partial charge in [0.25, 0.3) is 0 Å². The third-order valence-electron chi connectivity index (χ3n) is 4.35. The molecule has 1 N–H and O–H groups in total. The Bertz CT molecular complexity index is 310. The predicted octanol–water partition coefficient (Wildman–Crippen LogP) is -0.167. The lowest BCUT2D eigenvalue weighted by molar-refractivity contribution is -0.130. The Balaban J connectivity index is 1.84. The van der Waals surface area contributed by atoms with Crippen LogP contribution in [-0.2, 0) is 4.79 Å². The molecule has 2 rings (SSSR count). The first-order chi connectivity index (χ1) is 9.11. The van der Waals surface area contributed by atoms with Gasteiger partial charge in [0.1, 0.15) is 0 Å². The zero-order valence-corrected chi connectivity index (χ0v) is 12.6. The number of nitrogens with one attached hydrogen (secondary N) is 1. The summed E-state index contributed by atoms with van der Waals surface area (Å²) in [5, 5.41) is 3.35. The summed E-state index contributed by atoms with van der Waals surface area (Å²) in [4.78, 5) is 19.1. The molecule has 2 saturated heterocycles. The number of likely N-dealkylation sites (tertiary alicyclic amines) is 1. The molecule has 2 unspecified atom stereocenters. The molecule has 0 saturated carbocycles. The molecule has 0 bridgehead atoms. The Morgan fingerprint density at radius 1 is 1.26 bits per heavy atom. The maximum absolute atomic E-state index is 12.3. The van der Waals surface area contributed by atoms with Crippen molar-refractivity contribution in [2.45, 2.75) is 31.8 Å². The van der Waals surface area contributed by atoms with Crippen molar-refractivity contribution in [3.05, 3.63) is 0 Å². The number of amides is 1. The molecule has 0 aromatic carbocycles. The minimum Gasteiger partial charge on any atom is -0.340 e. The lowest BCUT2D eigenvalue weighted by Crippen LogP contribution is -2.55. The molecule has 0 spiro atoms. The predicted molar refractivity (Wildman–Crippen MR) is 77.2 cm³/mol. The molecule has 0 radical (unpaired) electrons. The van der Waals surface area contributed by atoms with Crippen molar-refractivity contribution < 1.29 is 4.79 Å². The fraction of sp³-hybridized carbons (Fsp3) is 0.929. The van der Waals surface area contributed by atoms with Gasteiger partial charge in [0.05, 0.1) is 6.04 Å². The fourth-order valence-corrected chi connectivity index (χ4v) is 2.98. The number of hydrogen-bond acceptors (Lipinski definition) is 4. The normalized spacial score (nSPS) is 30.3. The quantitative estimate of drug-likeness (QED) is 0.752. The van der Waals surface area contributed by atoms with Gasteiger partial charge in [-0.3, -0.25) is 9.69 Å². The second-order valence-corrected chi connectivity index (χ2v) is 5.98. The van der Waals surface area contributed by atoms with Gasteiger partial charge in [-0.05, 0) is 33.5 Å². The molecule has 2 atom stereocenters. The molecule has 5 heteroatoms. The van der Waals surface area contributed by atoms with Gasteiger partial charge in [0, 0.05) is 38.8 Å². The molecule has 19 heavy (non-hydrogen) atoms. The van der Waals surface area contributed by atoms with Gasteiger partial charge in [-0.1, -0.05) is 6.92 Å². The third-order valence-corrected chi connectivity index (χ3v) is 4.35. The number of piperazine rings is 1. The van der Waals surface area contributed by atoms with Crippen molar-refractivity contribution in [2.75, 3.05) is 53.4 Å². The van der Waals surface area contributed by atoms with Crippen LogP contribution >= 0.6 is 0 Å². The molecule has 2 heterocycles. The van der Waals surface area contributed by atoms with Crippen molar-refractivity contribution >= 4 is 5.91 Å². The van der Waals surface area contributed by atoms with Gasteiger partial charge in [-0.15, -0.1) is 0 Å². The average molecular weight is 268 g/mol. The summed E-state index contributed by atoms with van der Waals surface area (Å²) in [7, 11) is 4.34. The van der Waals surface area contributed by atoms with E-state index in [4.69, 9.17) is 0 Å². The van der Waals surface area contributed by atoms with Crippen LogP contribution in [0.1, 0.15) is 19.8 Å². The van der Waals surface area contributed by atoms with Crippen LogP contribution in [0.4, 0.5) is 0 Å². The summed E-state index contributed by atoms with van der Waals surface area (Å²) in [5.41, 5.74) is 0. The zero-order chi connectivity index (χ0) is 13.8. The Labute approximate surface area is 116 Å². The number of rotatable bonds is 5. The minimum atomic E-state index is 0.0616. The van der Waals surface area contributed by atoms with Gasteiger partial charge in [0.2, 0.25) is 5.91 Å². The highest BCUT2D eigenvalue weighted by Gasteiger charge is 2.34. The molecule has 2 fully saturated rings.